The Hall–Kier alpha value is -0.650. The van der Waals surface area contributed by atoms with E-state index < -0.39 is 0 Å². The number of likely N-dealkylation sites (N-methyl/N-ethyl adjacent to an activating group) is 1. The molecule has 1 amide bonds. The summed E-state index contributed by atoms with van der Waals surface area (Å²) in [5.74, 6) is 1.21. The Kier molecular flexibility index (Phi) is 8.21. The zero-order valence-corrected chi connectivity index (χ0v) is 16.8. The van der Waals surface area contributed by atoms with Gasteiger partial charge in [0, 0.05) is 58.4 Å². The van der Waals surface area contributed by atoms with E-state index in [0.29, 0.717) is 11.9 Å². The van der Waals surface area contributed by atoms with E-state index in [1.54, 1.807) is 0 Å². The summed E-state index contributed by atoms with van der Waals surface area (Å²) in [6, 6.07) is 0.410. The second-order valence-electron chi connectivity index (χ2n) is 8.62. The summed E-state index contributed by atoms with van der Waals surface area (Å²) in [4.78, 5) is 20.2. The summed E-state index contributed by atoms with van der Waals surface area (Å²) < 4.78 is 5.53. The van der Waals surface area contributed by atoms with Crippen LogP contribution in [-0.4, -0.2) is 86.2 Å². The molecular formula is C21H39N3O2. The third-order valence-corrected chi connectivity index (χ3v) is 6.66. The van der Waals surface area contributed by atoms with Crippen molar-refractivity contribution in [3.05, 3.63) is 0 Å². The van der Waals surface area contributed by atoms with Crippen LogP contribution in [0.3, 0.4) is 0 Å². The number of piperazine rings is 1. The summed E-state index contributed by atoms with van der Waals surface area (Å²) >= 11 is 0. The maximum Gasteiger partial charge on any atom is 0.222 e. The highest BCUT2D eigenvalue weighted by Crippen LogP contribution is 2.29. The highest BCUT2D eigenvalue weighted by Gasteiger charge is 2.26. The molecule has 5 nitrogen and oxygen atoms in total. The number of hydrogen-bond acceptors (Lipinski definition) is 4. The van der Waals surface area contributed by atoms with Crippen molar-refractivity contribution in [2.24, 2.45) is 5.92 Å². The van der Waals surface area contributed by atoms with E-state index in [0.717, 1.165) is 64.3 Å². The first-order valence-corrected chi connectivity index (χ1v) is 11.0. The molecule has 26 heavy (non-hydrogen) atoms. The molecule has 0 atom stereocenters. The molecule has 0 aromatic carbocycles. The molecule has 0 aromatic heterocycles. The van der Waals surface area contributed by atoms with Crippen LogP contribution in [0.25, 0.3) is 0 Å². The van der Waals surface area contributed by atoms with Gasteiger partial charge in [-0.05, 0) is 45.2 Å². The molecule has 0 radical (unpaired) electrons. The van der Waals surface area contributed by atoms with Crippen LogP contribution in [0.5, 0.6) is 0 Å². The number of carbonyl (C=O) groups excluding carboxylic acids is 1. The van der Waals surface area contributed by atoms with Crippen LogP contribution in [0.15, 0.2) is 0 Å². The quantitative estimate of drug-likeness (QED) is 0.662. The molecule has 150 valence electrons. The van der Waals surface area contributed by atoms with Gasteiger partial charge in [0.05, 0.1) is 0 Å². The second kappa shape index (κ2) is 10.6. The number of ether oxygens (including phenoxy) is 1. The lowest BCUT2D eigenvalue weighted by Gasteiger charge is -2.36. The molecule has 0 bridgehead atoms. The first-order chi connectivity index (χ1) is 12.7. The summed E-state index contributed by atoms with van der Waals surface area (Å²) in [6.45, 7) is 8.37. The summed E-state index contributed by atoms with van der Waals surface area (Å²) in [6.07, 6.45) is 10.4. The fourth-order valence-corrected chi connectivity index (χ4v) is 4.81. The highest BCUT2D eigenvalue weighted by molar-refractivity contribution is 5.76. The number of rotatable bonds is 8. The average molecular weight is 366 g/mol. The van der Waals surface area contributed by atoms with E-state index in [4.69, 9.17) is 4.74 Å². The van der Waals surface area contributed by atoms with Crippen LogP contribution in [0.4, 0.5) is 0 Å². The standard InChI is InChI=1S/C21H39N3O2/c1-22-13-15-23(16-14-22)11-4-12-24(20-9-17-26-18-10-20)21(25)8-7-19-5-2-3-6-19/h19-20H,2-18H2,1H3. The van der Waals surface area contributed by atoms with E-state index in [9.17, 15) is 4.79 Å². The molecule has 5 heteroatoms. The molecule has 2 aliphatic heterocycles. The van der Waals surface area contributed by atoms with Gasteiger partial charge < -0.3 is 19.4 Å². The van der Waals surface area contributed by atoms with Gasteiger partial charge in [0.25, 0.3) is 0 Å². The molecule has 0 unspecified atom stereocenters. The lowest BCUT2D eigenvalue weighted by Crippen LogP contribution is -2.47. The van der Waals surface area contributed by atoms with Crippen molar-refractivity contribution in [2.75, 3.05) is 59.5 Å². The number of nitrogens with zero attached hydrogens (tertiary/aromatic N) is 3. The van der Waals surface area contributed by atoms with Gasteiger partial charge in [-0.15, -0.1) is 0 Å². The molecule has 1 saturated carbocycles. The molecule has 1 aliphatic carbocycles. The van der Waals surface area contributed by atoms with Gasteiger partial charge in [0.2, 0.25) is 5.91 Å². The summed E-state index contributed by atoms with van der Waals surface area (Å²) in [5.41, 5.74) is 0. The number of carbonyl (C=O) groups is 1. The van der Waals surface area contributed by atoms with E-state index in [1.807, 2.05) is 0 Å². The number of amides is 1. The first-order valence-electron chi connectivity index (χ1n) is 11.0. The van der Waals surface area contributed by atoms with Crippen molar-refractivity contribution >= 4 is 5.91 Å². The lowest BCUT2D eigenvalue weighted by molar-refractivity contribution is -0.135. The van der Waals surface area contributed by atoms with Crippen molar-refractivity contribution in [1.29, 1.82) is 0 Å². The zero-order chi connectivity index (χ0) is 18.2. The third kappa shape index (κ3) is 6.21. The predicted octanol–water partition coefficient (Wildman–Crippen LogP) is 2.60. The van der Waals surface area contributed by atoms with Gasteiger partial charge in [0.1, 0.15) is 0 Å². The van der Waals surface area contributed by atoms with Gasteiger partial charge in [0.15, 0.2) is 0 Å². The van der Waals surface area contributed by atoms with Crippen LogP contribution in [-0.2, 0) is 9.53 Å². The van der Waals surface area contributed by atoms with Gasteiger partial charge in [-0.2, -0.15) is 0 Å². The predicted molar refractivity (Wildman–Crippen MR) is 105 cm³/mol. The topological polar surface area (TPSA) is 36.0 Å². The molecule has 3 aliphatic rings. The minimum atomic E-state index is 0.405. The Bertz CT molecular complexity index is 411. The van der Waals surface area contributed by atoms with Crippen molar-refractivity contribution in [1.82, 2.24) is 14.7 Å². The minimum absolute atomic E-state index is 0.405. The lowest BCUT2D eigenvalue weighted by atomic mass is 10.00. The minimum Gasteiger partial charge on any atom is -0.381 e. The Morgan fingerprint density at radius 2 is 1.73 bits per heavy atom. The molecule has 0 spiro atoms. The van der Waals surface area contributed by atoms with E-state index in [1.165, 1.54) is 51.9 Å². The van der Waals surface area contributed by atoms with Gasteiger partial charge in [-0.25, -0.2) is 0 Å². The van der Waals surface area contributed by atoms with Crippen LogP contribution in [0.2, 0.25) is 0 Å². The molecule has 2 saturated heterocycles. The van der Waals surface area contributed by atoms with Gasteiger partial charge in [-0.3, -0.25) is 4.79 Å². The fourth-order valence-electron chi connectivity index (χ4n) is 4.81. The van der Waals surface area contributed by atoms with E-state index in [-0.39, 0.29) is 0 Å². The monoisotopic (exact) mass is 365 g/mol. The zero-order valence-electron chi connectivity index (χ0n) is 16.8. The Labute approximate surface area is 160 Å². The molecule has 0 aromatic rings. The Balaban J connectivity index is 1.45. The largest absolute Gasteiger partial charge is 0.381 e. The van der Waals surface area contributed by atoms with Crippen molar-refractivity contribution in [2.45, 2.75) is 63.8 Å². The van der Waals surface area contributed by atoms with Crippen LogP contribution in [0.1, 0.15) is 57.8 Å². The number of hydrogen-bond donors (Lipinski definition) is 0. The molecule has 0 N–H and O–H groups in total. The Morgan fingerprint density at radius 1 is 1.04 bits per heavy atom. The van der Waals surface area contributed by atoms with E-state index >= 15 is 0 Å². The van der Waals surface area contributed by atoms with Crippen LogP contribution in [0, 0.1) is 5.92 Å². The highest BCUT2D eigenvalue weighted by atomic mass is 16.5. The third-order valence-electron chi connectivity index (χ3n) is 6.66. The maximum absolute atomic E-state index is 13.0. The SMILES string of the molecule is CN1CCN(CCCN(C(=O)CCC2CCCC2)C2CCOCC2)CC1. The van der Waals surface area contributed by atoms with Gasteiger partial charge in [-0.1, -0.05) is 25.7 Å². The average Bonchev–Trinajstić information content (AvgIpc) is 3.19. The molecule has 3 fully saturated rings. The van der Waals surface area contributed by atoms with E-state index in [2.05, 4.69) is 21.7 Å². The van der Waals surface area contributed by atoms with Crippen molar-refractivity contribution in [3.8, 4) is 0 Å². The smallest absolute Gasteiger partial charge is 0.222 e. The second-order valence-corrected chi connectivity index (χ2v) is 8.62. The molecule has 3 rings (SSSR count). The Morgan fingerprint density at radius 3 is 2.42 bits per heavy atom. The maximum atomic E-state index is 13.0. The fraction of sp³-hybridized carbons (Fsp3) is 0.952. The van der Waals surface area contributed by atoms with Crippen molar-refractivity contribution in [3.63, 3.8) is 0 Å². The van der Waals surface area contributed by atoms with Crippen molar-refractivity contribution < 1.29 is 9.53 Å². The molecule has 2 heterocycles. The van der Waals surface area contributed by atoms with Crippen LogP contribution >= 0.6 is 0 Å². The first kappa shape index (κ1) is 20.1. The molecular weight excluding hydrogens is 326 g/mol. The summed E-state index contributed by atoms with van der Waals surface area (Å²) in [5, 5.41) is 0. The normalized spacial score (nSPS) is 24.2. The van der Waals surface area contributed by atoms with Crippen LogP contribution < -0.4 is 0 Å². The summed E-state index contributed by atoms with van der Waals surface area (Å²) in [7, 11) is 2.20. The van der Waals surface area contributed by atoms with Gasteiger partial charge >= 0.3 is 0 Å².